The van der Waals surface area contributed by atoms with E-state index in [9.17, 15) is 18.8 Å². The first-order chi connectivity index (χ1) is 12.8. The van der Waals surface area contributed by atoms with Gasteiger partial charge in [-0.05, 0) is 34.5 Å². The molecule has 27 heavy (non-hydrogen) atoms. The number of anilines is 1. The van der Waals surface area contributed by atoms with Gasteiger partial charge in [-0.1, -0.05) is 30.3 Å². The smallest absolute Gasteiger partial charge is 0.305 e. The number of ether oxygens (including phenoxy) is 1. The number of benzene rings is 2. The van der Waals surface area contributed by atoms with Gasteiger partial charge in [-0.15, -0.1) is 0 Å². The Morgan fingerprint density at radius 3 is 2.48 bits per heavy atom. The number of nitrogens with one attached hydrogen (secondary N) is 1. The molecule has 1 amide bonds. The van der Waals surface area contributed by atoms with Crippen LogP contribution in [0.4, 0.5) is 10.1 Å². The number of halogens is 2. The topological polar surface area (TPSA) is 98.5 Å². The normalized spacial score (nSPS) is 11.6. The fourth-order valence-corrected chi connectivity index (χ4v) is 2.81. The molecule has 0 radical (unpaired) electrons. The van der Waals surface area contributed by atoms with E-state index in [1.165, 1.54) is 19.2 Å². The first-order valence-electron chi connectivity index (χ1n) is 8.06. The van der Waals surface area contributed by atoms with Crippen molar-refractivity contribution in [3.63, 3.8) is 0 Å². The van der Waals surface area contributed by atoms with Gasteiger partial charge in [0.05, 0.1) is 24.4 Å². The van der Waals surface area contributed by atoms with Crippen LogP contribution >= 0.6 is 15.9 Å². The van der Waals surface area contributed by atoms with Crippen molar-refractivity contribution < 1.29 is 23.5 Å². The molecule has 8 heteroatoms. The third-order valence-corrected chi connectivity index (χ3v) is 4.50. The molecule has 6 nitrogen and oxygen atoms in total. The van der Waals surface area contributed by atoms with Crippen LogP contribution in [0.5, 0.6) is 0 Å². The Labute approximate surface area is 164 Å². The van der Waals surface area contributed by atoms with Crippen LogP contribution in [0, 0.1) is 5.82 Å². The Kier molecular flexibility index (Phi) is 7.20. The van der Waals surface area contributed by atoms with E-state index < -0.39 is 29.5 Å². The number of nitrogens with two attached hydrogens (primary N) is 1. The number of amides is 1. The number of ketones is 1. The highest BCUT2D eigenvalue weighted by atomic mass is 79.9. The van der Waals surface area contributed by atoms with E-state index in [0.717, 1.165) is 0 Å². The van der Waals surface area contributed by atoms with Crippen molar-refractivity contribution in [2.75, 3.05) is 12.4 Å². The molecule has 0 saturated carbocycles. The molecule has 0 aromatic heterocycles. The van der Waals surface area contributed by atoms with Crippen LogP contribution in [-0.4, -0.2) is 30.8 Å². The fourth-order valence-electron chi connectivity index (χ4n) is 2.32. The molecule has 0 aliphatic carbocycles. The lowest BCUT2D eigenvalue weighted by molar-refractivity contribution is -0.140. The zero-order valence-electron chi connectivity index (χ0n) is 14.5. The van der Waals surface area contributed by atoms with Crippen LogP contribution in [0.2, 0.25) is 0 Å². The highest BCUT2D eigenvalue weighted by molar-refractivity contribution is 9.10. The lowest BCUT2D eigenvalue weighted by atomic mass is 10.0. The molecule has 2 aromatic carbocycles. The Bertz CT molecular complexity index is 858. The van der Waals surface area contributed by atoms with Crippen molar-refractivity contribution in [2.45, 2.75) is 18.9 Å². The minimum Gasteiger partial charge on any atom is -0.469 e. The molecule has 0 saturated heterocycles. The average Bonchev–Trinajstić information content (AvgIpc) is 2.68. The third kappa shape index (κ3) is 5.21. The van der Waals surface area contributed by atoms with Gasteiger partial charge < -0.3 is 15.8 Å². The highest BCUT2D eigenvalue weighted by Gasteiger charge is 2.23. The first-order valence-corrected chi connectivity index (χ1v) is 8.85. The van der Waals surface area contributed by atoms with Crippen molar-refractivity contribution in [1.82, 2.24) is 0 Å². The van der Waals surface area contributed by atoms with Gasteiger partial charge in [0.2, 0.25) is 5.91 Å². The van der Waals surface area contributed by atoms with Crippen molar-refractivity contribution >= 4 is 39.3 Å². The number of methoxy groups -OCH3 is 1. The zero-order chi connectivity index (χ0) is 20.0. The molecule has 2 rings (SSSR count). The Balaban J connectivity index is 2.20. The van der Waals surface area contributed by atoms with E-state index in [-0.39, 0.29) is 28.6 Å². The maximum atomic E-state index is 14.9. The molecule has 0 aliphatic rings. The van der Waals surface area contributed by atoms with Crippen molar-refractivity contribution in [3.8, 4) is 0 Å². The largest absolute Gasteiger partial charge is 0.469 e. The number of rotatable bonds is 7. The monoisotopic (exact) mass is 436 g/mol. The van der Waals surface area contributed by atoms with Crippen molar-refractivity contribution in [3.05, 3.63) is 63.9 Å². The highest BCUT2D eigenvalue weighted by Crippen LogP contribution is 2.28. The van der Waals surface area contributed by atoms with Crippen LogP contribution in [-0.2, 0) is 14.3 Å². The summed E-state index contributed by atoms with van der Waals surface area (Å²) >= 11 is 3.17. The summed E-state index contributed by atoms with van der Waals surface area (Å²) in [5.74, 6) is -2.56. The molecule has 0 heterocycles. The van der Waals surface area contributed by atoms with E-state index in [1.807, 2.05) is 0 Å². The second kappa shape index (κ2) is 9.38. The number of carbonyl (C=O) groups is 3. The molecule has 3 N–H and O–H groups in total. The number of carbonyl (C=O) groups excluding carboxylic acids is 3. The van der Waals surface area contributed by atoms with E-state index in [0.29, 0.717) is 5.56 Å². The van der Waals surface area contributed by atoms with E-state index in [4.69, 9.17) is 5.73 Å². The summed E-state index contributed by atoms with van der Waals surface area (Å²) in [6, 6.07) is 10.00. The van der Waals surface area contributed by atoms with Gasteiger partial charge in [0.25, 0.3) is 0 Å². The van der Waals surface area contributed by atoms with Crippen LogP contribution < -0.4 is 11.1 Å². The van der Waals surface area contributed by atoms with Gasteiger partial charge in [0.15, 0.2) is 11.6 Å². The molecule has 1 unspecified atom stereocenters. The quantitative estimate of drug-likeness (QED) is 0.513. The van der Waals surface area contributed by atoms with Crippen molar-refractivity contribution in [1.29, 1.82) is 0 Å². The summed E-state index contributed by atoms with van der Waals surface area (Å²) < 4.78 is 19.6. The molecule has 0 spiro atoms. The summed E-state index contributed by atoms with van der Waals surface area (Å²) in [6.07, 6.45) is 0.0120. The van der Waals surface area contributed by atoms with Crippen LogP contribution in [0.3, 0.4) is 0 Å². The Morgan fingerprint density at radius 2 is 1.85 bits per heavy atom. The summed E-state index contributed by atoms with van der Waals surface area (Å²) in [6.45, 7) is 0. The fraction of sp³-hybridized carbons (Fsp3) is 0.211. The predicted octanol–water partition coefficient (Wildman–Crippen LogP) is 3.04. The number of esters is 1. The van der Waals surface area contributed by atoms with Crippen LogP contribution in [0.1, 0.15) is 28.8 Å². The maximum absolute atomic E-state index is 14.9. The lowest BCUT2D eigenvalue weighted by Crippen LogP contribution is -2.36. The standard InChI is InChI=1S/C19H18BrFN2O4/c1-27-15(24)10-8-13(22)19(26)23-14-9-7-12(20)16(17(14)21)18(25)11-5-3-2-4-6-11/h2-7,9,13H,8,10,22H2,1H3,(H,23,26). The summed E-state index contributed by atoms with van der Waals surface area (Å²) in [4.78, 5) is 35.9. The minimum absolute atomic E-state index is 0.0361. The number of hydrogen-bond donors (Lipinski definition) is 2. The minimum atomic E-state index is -1.03. The van der Waals surface area contributed by atoms with Gasteiger partial charge in [-0.2, -0.15) is 0 Å². The zero-order valence-corrected chi connectivity index (χ0v) is 16.1. The molecular weight excluding hydrogens is 419 g/mol. The Morgan fingerprint density at radius 1 is 1.19 bits per heavy atom. The molecule has 0 bridgehead atoms. The molecule has 1 atom stereocenters. The van der Waals surface area contributed by atoms with E-state index >= 15 is 0 Å². The van der Waals surface area contributed by atoms with Gasteiger partial charge >= 0.3 is 5.97 Å². The lowest BCUT2D eigenvalue weighted by Gasteiger charge is -2.14. The molecule has 0 fully saturated rings. The predicted molar refractivity (Wildman–Crippen MR) is 102 cm³/mol. The second-order valence-electron chi connectivity index (χ2n) is 5.69. The summed E-state index contributed by atoms with van der Waals surface area (Å²) in [5, 5.41) is 2.36. The first kappa shape index (κ1) is 20.7. The van der Waals surface area contributed by atoms with E-state index in [2.05, 4.69) is 26.0 Å². The molecule has 0 aliphatic heterocycles. The maximum Gasteiger partial charge on any atom is 0.305 e. The summed E-state index contributed by atoms with van der Waals surface area (Å²) in [5.41, 5.74) is 5.67. The van der Waals surface area contributed by atoms with Crippen LogP contribution in [0.25, 0.3) is 0 Å². The molecular formula is C19H18BrFN2O4. The molecule has 142 valence electrons. The number of hydrogen-bond acceptors (Lipinski definition) is 5. The Hall–Kier alpha value is -2.58. The van der Waals surface area contributed by atoms with E-state index in [1.54, 1.807) is 30.3 Å². The second-order valence-corrected chi connectivity index (χ2v) is 6.54. The average molecular weight is 437 g/mol. The van der Waals surface area contributed by atoms with Gasteiger partial charge in [0, 0.05) is 16.5 Å². The summed E-state index contributed by atoms with van der Waals surface area (Å²) in [7, 11) is 1.23. The third-order valence-electron chi connectivity index (χ3n) is 3.84. The van der Waals surface area contributed by atoms with Gasteiger partial charge in [-0.25, -0.2) is 4.39 Å². The van der Waals surface area contributed by atoms with Crippen molar-refractivity contribution in [2.24, 2.45) is 5.73 Å². The molecule has 2 aromatic rings. The van der Waals surface area contributed by atoms with Gasteiger partial charge in [-0.3, -0.25) is 14.4 Å². The van der Waals surface area contributed by atoms with Gasteiger partial charge in [0.1, 0.15) is 0 Å². The SMILES string of the molecule is COC(=O)CCC(N)C(=O)Nc1ccc(Br)c(C(=O)c2ccccc2)c1F. The van der Waals surface area contributed by atoms with Crippen LogP contribution in [0.15, 0.2) is 46.9 Å².